The summed E-state index contributed by atoms with van der Waals surface area (Å²) in [6.45, 7) is 1.29. The molecular weight excluding hydrogens is 570 g/mol. The van der Waals surface area contributed by atoms with Gasteiger partial charge >= 0.3 is 6.18 Å². The van der Waals surface area contributed by atoms with Gasteiger partial charge in [-0.2, -0.15) is 13.2 Å². The van der Waals surface area contributed by atoms with Gasteiger partial charge in [-0.1, -0.05) is 35.9 Å². The third-order valence-corrected chi connectivity index (χ3v) is 7.19. The van der Waals surface area contributed by atoms with Crippen LogP contribution in [0.2, 0.25) is 5.02 Å². The van der Waals surface area contributed by atoms with E-state index in [1.54, 1.807) is 48.5 Å². The molecule has 3 aromatic carbocycles. The Morgan fingerprint density at radius 1 is 1.15 bits per heavy atom. The molecule has 5 N–H and O–H groups in total. The minimum Gasteiger partial charge on any atom is -0.403 e. The second-order valence-electron chi connectivity index (χ2n) is 8.60. The normalized spacial score (nSPS) is 12.2. The van der Waals surface area contributed by atoms with E-state index < -0.39 is 17.7 Å². The van der Waals surface area contributed by atoms with Crippen molar-refractivity contribution >= 4 is 34.7 Å². The summed E-state index contributed by atoms with van der Waals surface area (Å²) in [6, 6.07) is 14.5. The van der Waals surface area contributed by atoms with Crippen LogP contribution in [-0.4, -0.2) is 21.1 Å². The quantitative estimate of drug-likeness (QED) is 0.0664. The summed E-state index contributed by atoms with van der Waals surface area (Å²) in [5.41, 5.74) is 6.96. The highest BCUT2D eigenvalue weighted by atomic mass is 35.5. The summed E-state index contributed by atoms with van der Waals surface area (Å²) in [4.78, 5) is 8.62. The van der Waals surface area contributed by atoms with Gasteiger partial charge in [-0.3, -0.25) is 14.8 Å². The van der Waals surface area contributed by atoms with E-state index in [-0.39, 0.29) is 29.5 Å². The number of benzene rings is 3. The smallest absolute Gasteiger partial charge is 0.403 e. The fraction of sp³-hybridized carbons (Fsp3) is 0.148. The maximum absolute atomic E-state index is 16.0. The number of nitrogens with zero attached hydrogens (tertiary/aromatic N) is 3. The van der Waals surface area contributed by atoms with E-state index >= 15 is 4.39 Å². The molecule has 4 aromatic rings. The van der Waals surface area contributed by atoms with Crippen LogP contribution in [0.4, 0.5) is 23.2 Å². The standard InChI is InChI=1S/C27H24ClF4N5O2S/c1-15-35-25(27(30,31)32)13-36(15)26-21(29)9-19(17-3-4-18(14-39-38)24(11-17)40-2)10-22(26)37(34)23(12-33)16-5-7-20(28)8-6-16/h3-13,38H,14,33-34H2,1-2H3/b23-12-. The summed E-state index contributed by atoms with van der Waals surface area (Å²) in [5, 5.41) is 10.4. The molecule has 0 aliphatic carbocycles. The lowest BCUT2D eigenvalue weighted by Crippen LogP contribution is -2.31. The molecular formula is C27H24ClF4N5O2S. The number of alkyl halides is 3. The van der Waals surface area contributed by atoms with E-state index in [1.807, 2.05) is 6.26 Å². The van der Waals surface area contributed by atoms with Crippen LogP contribution >= 0.6 is 23.4 Å². The number of imidazole rings is 1. The summed E-state index contributed by atoms with van der Waals surface area (Å²) in [7, 11) is 0. The van der Waals surface area contributed by atoms with Gasteiger partial charge in [0.2, 0.25) is 0 Å². The van der Waals surface area contributed by atoms with Crippen LogP contribution in [0.15, 0.2) is 71.9 Å². The van der Waals surface area contributed by atoms with Crippen LogP contribution in [0.1, 0.15) is 22.6 Å². The van der Waals surface area contributed by atoms with Crippen molar-refractivity contribution in [2.75, 3.05) is 11.3 Å². The molecule has 0 aliphatic rings. The van der Waals surface area contributed by atoms with Crippen molar-refractivity contribution < 1.29 is 27.7 Å². The molecule has 1 heterocycles. The summed E-state index contributed by atoms with van der Waals surface area (Å²) in [6.07, 6.45) is -0.987. The first-order valence-electron chi connectivity index (χ1n) is 11.6. The molecule has 13 heteroatoms. The number of hydrogen-bond donors (Lipinski definition) is 3. The maximum atomic E-state index is 16.0. The Morgan fingerprint density at radius 3 is 2.42 bits per heavy atom. The largest absolute Gasteiger partial charge is 0.434 e. The first kappa shape index (κ1) is 29.4. The van der Waals surface area contributed by atoms with Crippen molar-refractivity contribution in [1.82, 2.24) is 9.55 Å². The second kappa shape index (κ2) is 11.9. The zero-order valence-electron chi connectivity index (χ0n) is 21.2. The number of rotatable bonds is 8. The van der Waals surface area contributed by atoms with Crippen molar-refractivity contribution in [2.45, 2.75) is 24.6 Å². The molecule has 0 fully saturated rings. The number of aromatic nitrogens is 2. The fourth-order valence-electron chi connectivity index (χ4n) is 4.19. The fourth-order valence-corrected chi connectivity index (χ4v) is 4.95. The van der Waals surface area contributed by atoms with Gasteiger partial charge in [-0.25, -0.2) is 20.1 Å². The average molecular weight is 594 g/mol. The molecule has 0 aliphatic heterocycles. The topological polar surface area (TPSA) is 103 Å². The lowest BCUT2D eigenvalue weighted by Gasteiger charge is -2.26. The van der Waals surface area contributed by atoms with Crippen LogP contribution in [0, 0.1) is 12.7 Å². The van der Waals surface area contributed by atoms with Crippen molar-refractivity contribution in [3.63, 3.8) is 0 Å². The van der Waals surface area contributed by atoms with E-state index in [1.165, 1.54) is 31.0 Å². The van der Waals surface area contributed by atoms with Crippen LogP contribution in [-0.2, 0) is 17.7 Å². The Hall–Kier alpha value is -3.55. The van der Waals surface area contributed by atoms with Gasteiger partial charge in [0.15, 0.2) is 5.69 Å². The molecule has 0 saturated carbocycles. The van der Waals surface area contributed by atoms with Gasteiger partial charge in [-0.15, -0.1) is 11.8 Å². The Bertz CT molecular complexity index is 1560. The van der Waals surface area contributed by atoms with Crippen LogP contribution in [0.25, 0.3) is 22.5 Å². The first-order valence-corrected chi connectivity index (χ1v) is 13.2. The number of anilines is 1. The number of thioether (sulfide) groups is 1. The Morgan fingerprint density at radius 2 is 1.85 bits per heavy atom. The highest BCUT2D eigenvalue weighted by molar-refractivity contribution is 7.98. The molecule has 40 heavy (non-hydrogen) atoms. The molecule has 4 rings (SSSR count). The van der Waals surface area contributed by atoms with E-state index in [9.17, 15) is 13.2 Å². The SMILES string of the molecule is CSc1cc(-c2cc(F)c(-n3cc(C(F)(F)F)nc3C)c(N(N)/C(=C\N)c3ccc(Cl)cc3)c2)ccc1COO. The predicted octanol–water partition coefficient (Wildman–Crippen LogP) is 7.01. The van der Waals surface area contributed by atoms with E-state index in [2.05, 4.69) is 9.87 Å². The summed E-state index contributed by atoms with van der Waals surface area (Å²) >= 11 is 7.41. The zero-order valence-corrected chi connectivity index (χ0v) is 22.8. The Labute approximate surface area is 236 Å². The van der Waals surface area contributed by atoms with Gasteiger partial charge in [0.05, 0.1) is 11.4 Å². The zero-order chi connectivity index (χ0) is 29.2. The maximum Gasteiger partial charge on any atom is 0.434 e. The van der Waals surface area contributed by atoms with Crippen molar-refractivity contribution in [3.8, 4) is 16.8 Å². The minimum absolute atomic E-state index is 0.0179. The second-order valence-corrected chi connectivity index (χ2v) is 9.88. The lowest BCUT2D eigenvalue weighted by atomic mass is 10.0. The van der Waals surface area contributed by atoms with Gasteiger partial charge in [-0.05, 0) is 60.2 Å². The lowest BCUT2D eigenvalue weighted by molar-refractivity contribution is -0.253. The highest BCUT2D eigenvalue weighted by Gasteiger charge is 2.35. The van der Waals surface area contributed by atoms with Crippen LogP contribution in [0.3, 0.4) is 0 Å². The van der Waals surface area contributed by atoms with Gasteiger partial charge < -0.3 is 5.73 Å². The Balaban J connectivity index is 1.95. The van der Waals surface area contributed by atoms with E-state index in [4.69, 9.17) is 28.4 Å². The third kappa shape index (κ3) is 5.96. The summed E-state index contributed by atoms with van der Waals surface area (Å²) in [5.74, 6) is 5.57. The van der Waals surface area contributed by atoms with Crippen molar-refractivity contribution in [1.29, 1.82) is 0 Å². The van der Waals surface area contributed by atoms with E-state index in [0.717, 1.165) is 14.5 Å². The molecule has 0 saturated heterocycles. The van der Waals surface area contributed by atoms with Crippen LogP contribution in [0.5, 0.6) is 0 Å². The predicted molar refractivity (Wildman–Crippen MR) is 148 cm³/mol. The van der Waals surface area contributed by atoms with Crippen molar-refractivity contribution in [3.05, 3.63) is 100 Å². The first-order chi connectivity index (χ1) is 19.0. The van der Waals surface area contributed by atoms with Gasteiger partial charge in [0.1, 0.15) is 23.9 Å². The number of hydrogen-bond acceptors (Lipinski definition) is 7. The molecule has 0 radical (unpaired) electrons. The molecule has 1 aromatic heterocycles. The van der Waals surface area contributed by atoms with Crippen molar-refractivity contribution in [2.24, 2.45) is 11.6 Å². The van der Waals surface area contributed by atoms with Gasteiger partial charge in [0, 0.05) is 27.9 Å². The molecule has 0 unspecified atom stereocenters. The average Bonchev–Trinajstić information content (AvgIpc) is 3.31. The van der Waals surface area contributed by atoms with E-state index in [0.29, 0.717) is 33.5 Å². The summed E-state index contributed by atoms with van der Waals surface area (Å²) < 4.78 is 57.4. The monoisotopic (exact) mass is 593 g/mol. The van der Waals surface area contributed by atoms with Gasteiger partial charge in [0.25, 0.3) is 0 Å². The molecule has 0 spiro atoms. The molecule has 7 nitrogen and oxygen atoms in total. The number of hydrazine groups is 1. The number of halogens is 5. The molecule has 0 atom stereocenters. The molecule has 0 amide bonds. The molecule has 0 bridgehead atoms. The minimum atomic E-state index is -4.74. The molecule has 210 valence electrons. The third-order valence-electron chi connectivity index (χ3n) is 6.11. The number of aryl methyl sites for hydroxylation is 1. The van der Waals surface area contributed by atoms with Crippen LogP contribution < -0.4 is 16.6 Å². The Kier molecular flexibility index (Phi) is 8.76. The highest BCUT2D eigenvalue weighted by Crippen LogP contribution is 2.38. The number of nitrogens with two attached hydrogens (primary N) is 2.